The van der Waals surface area contributed by atoms with Gasteiger partial charge in [-0.05, 0) is 63.0 Å². The van der Waals surface area contributed by atoms with Crippen LogP contribution in [0.5, 0.6) is 0 Å². The lowest BCUT2D eigenvalue weighted by Crippen LogP contribution is -2.33. The van der Waals surface area contributed by atoms with E-state index in [2.05, 4.69) is 18.5 Å². The van der Waals surface area contributed by atoms with Gasteiger partial charge in [-0.2, -0.15) is 11.8 Å². The lowest BCUT2D eigenvalue weighted by Gasteiger charge is -2.28. The molecule has 1 rings (SSSR count). The van der Waals surface area contributed by atoms with E-state index in [4.69, 9.17) is 0 Å². The van der Waals surface area contributed by atoms with Gasteiger partial charge in [0.05, 0.1) is 0 Å². The van der Waals surface area contributed by atoms with Crippen LogP contribution in [0.15, 0.2) is 0 Å². The number of rotatable bonds is 8. The molecule has 1 fully saturated rings. The van der Waals surface area contributed by atoms with E-state index < -0.39 is 0 Å². The van der Waals surface area contributed by atoms with Gasteiger partial charge >= 0.3 is 0 Å². The molecular formula is C14H29NS. The number of unbranched alkanes of at least 4 members (excludes halogenated alkanes) is 2. The van der Waals surface area contributed by atoms with Crippen molar-refractivity contribution < 1.29 is 0 Å². The fourth-order valence-corrected chi connectivity index (χ4v) is 3.12. The molecule has 0 radical (unpaired) electrons. The molecule has 0 spiro atoms. The van der Waals surface area contributed by atoms with Gasteiger partial charge in [-0.15, -0.1) is 0 Å². The standard InChI is InChI=1S/C14H29NS/c1-3-13-7-9-14(10-8-13)15-11-5-4-6-12-16-2/h13-15H,3-12H2,1-2H3. The summed E-state index contributed by atoms with van der Waals surface area (Å²) in [5, 5.41) is 3.74. The molecule has 0 heterocycles. The van der Waals surface area contributed by atoms with Gasteiger partial charge < -0.3 is 5.32 Å². The third-order valence-electron chi connectivity index (χ3n) is 3.88. The third kappa shape index (κ3) is 6.15. The Morgan fingerprint density at radius 3 is 2.44 bits per heavy atom. The molecule has 1 aliphatic carbocycles. The lowest BCUT2D eigenvalue weighted by atomic mass is 9.84. The van der Waals surface area contributed by atoms with Crippen LogP contribution in [-0.2, 0) is 0 Å². The van der Waals surface area contributed by atoms with Crippen molar-refractivity contribution in [3.63, 3.8) is 0 Å². The summed E-state index contributed by atoms with van der Waals surface area (Å²) in [5.74, 6) is 2.36. The van der Waals surface area contributed by atoms with E-state index in [1.165, 1.54) is 63.7 Å². The van der Waals surface area contributed by atoms with Crippen molar-refractivity contribution in [2.45, 2.75) is 64.3 Å². The van der Waals surface area contributed by atoms with Gasteiger partial charge in [0, 0.05) is 6.04 Å². The number of hydrogen-bond donors (Lipinski definition) is 1. The van der Waals surface area contributed by atoms with Gasteiger partial charge in [0.1, 0.15) is 0 Å². The fraction of sp³-hybridized carbons (Fsp3) is 1.00. The van der Waals surface area contributed by atoms with Crippen molar-refractivity contribution in [3.05, 3.63) is 0 Å². The van der Waals surface area contributed by atoms with Crippen LogP contribution in [0.2, 0.25) is 0 Å². The molecule has 96 valence electrons. The molecule has 0 aromatic carbocycles. The summed E-state index contributed by atoms with van der Waals surface area (Å²) in [6.07, 6.45) is 13.5. The Morgan fingerprint density at radius 1 is 1.06 bits per heavy atom. The van der Waals surface area contributed by atoms with Crippen molar-refractivity contribution in [2.24, 2.45) is 5.92 Å². The highest BCUT2D eigenvalue weighted by Gasteiger charge is 2.18. The zero-order valence-corrected chi connectivity index (χ0v) is 12.0. The molecule has 0 aromatic rings. The quantitative estimate of drug-likeness (QED) is 0.645. The topological polar surface area (TPSA) is 12.0 Å². The Labute approximate surface area is 106 Å². The summed E-state index contributed by atoms with van der Waals surface area (Å²) in [5.41, 5.74) is 0. The van der Waals surface area contributed by atoms with E-state index in [1.54, 1.807) is 0 Å². The maximum absolute atomic E-state index is 3.74. The molecule has 0 bridgehead atoms. The van der Waals surface area contributed by atoms with Crippen LogP contribution in [-0.4, -0.2) is 24.6 Å². The van der Waals surface area contributed by atoms with Gasteiger partial charge in [0.25, 0.3) is 0 Å². The van der Waals surface area contributed by atoms with Crippen LogP contribution < -0.4 is 5.32 Å². The summed E-state index contributed by atoms with van der Waals surface area (Å²) in [6, 6.07) is 0.836. The average Bonchev–Trinajstić information content (AvgIpc) is 2.34. The van der Waals surface area contributed by atoms with Gasteiger partial charge in [0.15, 0.2) is 0 Å². The maximum atomic E-state index is 3.74. The molecular weight excluding hydrogens is 214 g/mol. The van der Waals surface area contributed by atoms with Crippen LogP contribution in [0.4, 0.5) is 0 Å². The number of thioether (sulfide) groups is 1. The smallest absolute Gasteiger partial charge is 0.00672 e. The lowest BCUT2D eigenvalue weighted by molar-refractivity contribution is 0.285. The molecule has 1 saturated carbocycles. The van der Waals surface area contributed by atoms with Crippen molar-refractivity contribution in [3.8, 4) is 0 Å². The van der Waals surface area contributed by atoms with E-state index in [0.29, 0.717) is 0 Å². The Morgan fingerprint density at radius 2 is 1.81 bits per heavy atom. The van der Waals surface area contributed by atoms with Crippen LogP contribution >= 0.6 is 11.8 Å². The van der Waals surface area contributed by atoms with E-state index in [1.807, 2.05) is 11.8 Å². The Hall–Kier alpha value is 0.310. The Kier molecular flexibility index (Phi) is 8.40. The minimum absolute atomic E-state index is 0.836. The van der Waals surface area contributed by atoms with Crippen LogP contribution in [0.1, 0.15) is 58.3 Å². The van der Waals surface area contributed by atoms with E-state index in [0.717, 1.165) is 12.0 Å². The molecule has 2 heteroatoms. The normalized spacial score (nSPS) is 25.9. The van der Waals surface area contributed by atoms with Gasteiger partial charge in [0.2, 0.25) is 0 Å². The van der Waals surface area contributed by atoms with E-state index >= 15 is 0 Å². The van der Waals surface area contributed by atoms with Crippen molar-refractivity contribution in [2.75, 3.05) is 18.6 Å². The summed E-state index contributed by atoms with van der Waals surface area (Å²) in [6.45, 7) is 3.58. The minimum atomic E-state index is 0.836. The van der Waals surface area contributed by atoms with E-state index in [9.17, 15) is 0 Å². The molecule has 0 aliphatic heterocycles. The molecule has 0 atom stereocenters. The van der Waals surface area contributed by atoms with Crippen LogP contribution in [0.3, 0.4) is 0 Å². The fourth-order valence-electron chi connectivity index (χ4n) is 2.63. The van der Waals surface area contributed by atoms with E-state index in [-0.39, 0.29) is 0 Å². The minimum Gasteiger partial charge on any atom is -0.314 e. The molecule has 0 unspecified atom stereocenters. The Bertz CT molecular complexity index is 153. The summed E-state index contributed by atoms with van der Waals surface area (Å²) >= 11 is 1.97. The molecule has 1 nitrogen and oxygen atoms in total. The molecule has 0 aromatic heterocycles. The summed E-state index contributed by atoms with van der Waals surface area (Å²) in [7, 11) is 0. The number of hydrogen-bond acceptors (Lipinski definition) is 2. The highest BCUT2D eigenvalue weighted by molar-refractivity contribution is 7.98. The van der Waals surface area contributed by atoms with Gasteiger partial charge in [-0.25, -0.2) is 0 Å². The highest BCUT2D eigenvalue weighted by atomic mass is 32.2. The molecule has 1 N–H and O–H groups in total. The zero-order valence-electron chi connectivity index (χ0n) is 11.1. The monoisotopic (exact) mass is 243 g/mol. The second-order valence-electron chi connectivity index (χ2n) is 5.13. The zero-order chi connectivity index (χ0) is 11.6. The number of nitrogens with one attached hydrogen (secondary N) is 1. The summed E-state index contributed by atoms with van der Waals surface area (Å²) in [4.78, 5) is 0. The SMILES string of the molecule is CCC1CCC(NCCCCCSC)CC1. The first kappa shape index (κ1) is 14.4. The Balaban J connectivity index is 1.90. The predicted octanol–water partition coefficient (Wildman–Crippen LogP) is 4.08. The molecule has 1 aliphatic rings. The van der Waals surface area contributed by atoms with Crippen molar-refractivity contribution >= 4 is 11.8 Å². The summed E-state index contributed by atoms with van der Waals surface area (Å²) < 4.78 is 0. The molecule has 16 heavy (non-hydrogen) atoms. The largest absolute Gasteiger partial charge is 0.314 e. The van der Waals surface area contributed by atoms with Crippen LogP contribution in [0, 0.1) is 5.92 Å². The van der Waals surface area contributed by atoms with Crippen LogP contribution in [0.25, 0.3) is 0 Å². The highest BCUT2D eigenvalue weighted by Crippen LogP contribution is 2.26. The average molecular weight is 243 g/mol. The second kappa shape index (κ2) is 9.35. The first-order valence-electron chi connectivity index (χ1n) is 7.09. The van der Waals surface area contributed by atoms with Crippen molar-refractivity contribution in [1.82, 2.24) is 5.32 Å². The predicted molar refractivity (Wildman–Crippen MR) is 76.3 cm³/mol. The third-order valence-corrected chi connectivity index (χ3v) is 4.58. The first-order valence-corrected chi connectivity index (χ1v) is 8.48. The van der Waals surface area contributed by atoms with Gasteiger partial charge in [-0.3, -0.25) is 0 Å². The van der Waals surface area contributed by atoms with Gasteiger partial charge in [-0.1, -0.05) is 19.8 Å². The maximum Gasteiger partial charge on any atom is 0.00672 e. The second-order valence-corrected chi connectivity index (χ2v) is 6.12. The molecule has 0 amide bonds. The van der Waals surface area contributed by atoms with Crippen molar-refractivity contribution in [1.29, 1.82) is 0 Å². The molecule has 0 saturated heterocycles. The first-order chi connectivity index (χ1) is 7.86.